The molecule has 0 aliphatic heterocycles. The largest absolute Gasteiger partial charge is 0.339 e. The molecule has 0 saturated heterocycles. The molecule has 1 N–H and O–H groups in total. The topological polar surface area (TPSA) is 51.9 Å². The number of anilines is 1. The van der Waals surface area contributed by atoms with Gasteiger partial charge in [0.05, 0.1) is 10.2 Å². The third kappa shape index (κ3) is 2.04. The summed E-state index contributed by atoms with van der Waals surface area (Å²) < 4.78 is 4.80. The highest BCUT2D eigenvalue weighted by Crippen LogP contribution is 2.24. The van der Waals surface area contributed by atoms with Gasteiger partial charge in [0.1, 0.15) is 5.69 Å². The van der Waals surface area contributed by atoms with Crippen LogP contribution in [0.5, 0.6) is 0 Å². The number of amides is 1. The minimum absolute atomic E-state index is 0.132. The summed E-state index contributed by atoms with van der Waals surface area (Å²) in [6.45, 7) is 2.79. The first-order chi connectivity index (χ1) is 9.19. The summed E-state index contributed by atoms with van der Waals surface area (Å²) in [5.74, 6) is 0.448. The van der Waals surface area contributed by atoms with Crippen LogP contribution in [0.25, 0.3) is 10.2 Å². The van der Waals surface area contributed by atoms with Crippen molar-refractivity contribution in [2.75, 3.05) is 5.32 Å². The van der Waals surface area contributed by atoms with Crippen molar-refractivity contribution in [1.29, 1.82) is 0 Å². The van der Waals surface area contributed by atoms with Crippen LogP contribution in [0.15, 0.2) is 29.8 Å². The van der Waals surface area contributed by atoms with Crippen molar-refractivity contribution in [1.82, 2.24) is 14.3 Å². The van der Waals surface area contributed by atoms with Gasteiger partial charge in [-0.1, -0.05) is 0 Å². The molecule has 0 atom stereocenters. The van der Waals surface area contributed by atoms with Crippen molar-refractivity contribution in [3.8, 4) is 0 Å². The number of hydrogen-bond acceptors (Lipinski definition) is 3. The van der Waals surface area contributed by atoms with Crippen LogP contribution in [0.3, 0.4) is 0 Å². The van der Waals surface area contributed by atoms with Crippen molar-refractivity contribution in [2.24, 2.45) is 7.05 Å². The summed E-state index contributed by atoms with van der Waals surface area (Å²) in [5.41, 5.74) is 1.72. The van der Waals surface area contributed by atoms with Crippen LogP contribution in [-0.4, -0.2) is 20.3 Å². The zero-order chi connectivity index (χ0) is 13.4. The minimum atomic E-state index is -0.132. The number of fused-ring (bicyclic) bond motifs is 1. The second-order valence-electron chi connectivity index (χ2n) is 4.27. The summed E-state index contributed by atoms with van der Waals surface area (Å²) in [7, 11) is 1.90. The lowest BCUT2D eigenvalue weighted by molar-refractivity contribution is 0.101. The number of hydrogen-bond donors (Lipinski definition) is 1. The first kappa shape index (κ1) is 12.0. The lowest BCUT2D eigenvalue weighted by Crippen LogP contribution is -2.16. The Labute approximate surface area is 114 Å². The molecule has 3 aromatic rings. The number of thiophene rings is 1. The summed E-state index contributed by atoms with van der Waals surface area (Å²) in [6, 6.07) is 5.72. The Bertz CT molecular complexity index is 737. The molecule has 0 aliphatic carbocycles. The number of aromatic nitrogens is 3. The second-order valence-corrected chi connectivity index (χ2v) is 5.22. The SMILES string of the molecule is CCn1ccc(NC(=O)c2cc3sccc3n2C)n1. The van der Waals surface area contributed by atoms with Crippen LogP contribution in [0.1, 0.15) is 17.4 Å². The van der Waals surface area contributed by atoms with E-state index in [1.807, 2.05) is 42.2 Å². The number of aryl methyl sites for hydroxylation is 2. The van der Waals surface area contributed by atoms with E-state index in [4.69, 9.17) is 0 Å². The Morgan fingerprint density at radius 1 is 1.47 bits per heavy atom. The van der Waals surface area contributed by atoms with Crippen molar-refractivity contribution < 1.29 is 4.79 Å². The maximum atomic E-state index is 12.2. The van der Waals surface area contributed by atoms with Gasteiger partial charge in [-0.05, 0) is 24.4 Å². The summed E-state index contributed by atoms with van der Waals surface area (Å²) in [6.07, 6.45) is 1.85. The van der Waals surface area contributed by atoms with Crippen LogP contribution < -0.4 is 5.32 Å². The number of rotatable bonds is 3. The van der Waals surface area contributed by atoms with E-state index in [1.54, 1.807) is 22.1 Å². The fraction of sp³-hybridized carbons (Fsp3) is 0.231. The van der Waals surface area contributed by atoms with Crippen molar-refractivity contribution in [3.63, 3.8) is 0 Å². The highest BCUT2D eigenvalue weighted by molar-refractivity contribution is 7.17. The maximum absolute atomic E-state index is 12.2. The standard InChI is InChI=1S/C13H14N4OS/c1-3-17-6-4-12(15-17)14-13(18)10-8-11-9(16(10)2)5-7-19-11/h4-8H,3H2,1-2H3,(H,14,15,18). The third-order valence-corrected chi connectivity index (χ3v) is 3.96. The van der Waals surface area contributed by atoms with Gasteiger partial charge in [-0.25, -0.2) is 0 Å². The second kappa shape index (κ2) is 4.55. The molecule has 0 radical (unpaired) electrons. The molecule has 5 nitrogen and oxygen atoms in total. The van der Waals surface area contributed by atoms with E-state index in [-0.39, 0.29) is 5.91 Å². The molecule has 0 saturated carbocycles. The summed E-state index contributed by atoms with van der Waals surface area (Å²) in [4.78, 5) is 12.2. The predicted molar refractivity (Wildman–Crippen MR) is 76.7 cm³/mol. The number of nitrogens with one attached hydrogen (secondary N) is 1. The van der Waals surface area contributed by atoms with Crippen LogP contribution >= 0.6 is 11.3 Å². The molecule has 0 aliphatic rings. The van der Waals surface area contributed by atoms with Gasteiger partial charge in [-0.3, -0.25) is 9.48 Å². The van der Waals surface area contributed by atoms with Crippen LogP contribution in [0, 0.1) is 0 Å². The molecular formula is C13H14N4OS. The van der Waals surface area contributed by atoms with E-state index in [1.165, 1.54) is 0 Å². The first-order valence-corrected chi connectivity index (χ1v) is 6.94. The van der Waals surface area contributed by atoms with Gasteiger partial charge in [-0.2, -0.15) is 5.10 Å². The molecule has 0 bridgehead atoms. The molecular weight excluding hydrogens is 260 g/mol. The van der Waals surface area contributed by atoms with E-state index in [0.717, 1.165) is 16.8 Å². The molecule has 6 heteroatoms. The van der Waals surface area contributed by atoms with Gasteiger partial charge >= 0.3 is 0 Å². The van der Waals surface area contributed by atoms with E-state index in [2.05, 4.69) is 10.4 Å². The van der Waals surface area contributed by atoms with Crippen molar-refractivity contribution >= 4 is 33.3 Å². The molecule has 3 aromatic heterocycles. The zero-order valence-electron chi connectivity index (χ0n) is 10.8. The van der Waals surface area contributed by atoms with E-state index < -0.39 is 0 Å². The Balaban J connectivity index is 1.87. The van der Waals surface area contributed by atoms with E-state index >= 15 is 0 Å². The Morgan fingerprint density at radius 3 is 3.00 bits per heavy atom. The van der Waals surface area contributed by atoms with Gasteiger partial charge in [0.25, 0.3) is 5.91 Å². The molecule has 98 valence electrons. The number of carbonyl (C=O) groups is 1. The molecule has 0 aromatic carbocycles. The Kier molecular flexibility index (Phi) is 2.87. The Morgan fingerprint density at radius 2 is 2.32 bits per heavy atom. The fourth-order valence-electron chi connectivity index (χ4n) is 2.05. The van der Waals surface area contributed by atoms with E-state index in [9.17, 15) is 4.79 Å². The highest BCUT2D eigenvalue weighted by Gasteiger charge is 2.14. The lowest BCUT2D eigenvalue weighted by atomic mass is 10.4. The van der Waals surface area contributed by atoms with Gasteiger partial charge in [0.2, 0.25) is 0 Å². The minimum Gasteiger partial charge on any atom is -0.339 e. The van der Waals surface area contributed by atoms with Crippen LogP contribution in [0.4, 0.5) is 5.82 Å². The fourth-order valence-corrected chi connectivity index (χ4v) is 2.90. The average molecular weight is 274 g/mol. The first-order valence-electron chi connectivity index (χ1n) is 6.06. The maximum Gasteiger partial charge on any atom is 0.273 e. The summed E-state index contributed by atoms with van der Waals surface area (Å²) in [5, 5.41) is 9.08. The van der Waals surface area contributed by atoms with Crippen LogP contribution in [-0.2, 0) is 13.6 Å². The van der Waals surface area contributed by atoms with Gasteiger partial charge < -0.3 is 9.88 Å². The molecule has 0 spiro atoms. The Hall–Kier alpha value is -2.08. The summed E-state index contributed by atoms with van der Waals surface area (Å²) >= 11 is 1.63. The van der Waals surface area contributed by atoms with E-state index in [0.29, 0.717) is 11.5 Å². The molecule has 3 heterocycles. The van der Waals surface area contributed by atoms with Crippen molar-refractivity contribution in [2.45, 2.75) is 13.5 Å². The number of carbonyl (C=O) groups excluding carboxylic acids is 1. The lowest BCUT2D eigenvalue weighted by Gasteiger charge is -2.03. The van der Waals surface area contributed by atoms with Crippen LogP contribution in [0.2, 0.25) is 0 Å². The molecule has 3 rings (SSSR count). The van der Waals surface area contributed by atoms with Gasteiger partial charge in [-0.15, -0.1) is 11.3 Å². The molecule has 1 amide bonds. The van der Waals surface area contributed by atoms with Crippen molar-refractivity contribution in [3.05, 3.63) is 35.5 Å². The number of nitrogens with zero attached hydrogens (tertiary/aromatic N) is 3. The molecule has 19 heavy (non-hydrogen) atoms. The van der Waals surface area contributed by atoms with Gasteiger partial charge in [0, 0.05) is 25.9 Å². The predicted octanol–water partition coefficient (Wildman–Crippen LogP) is 2.71. The zero-order valence-corrected chi connectivity index (χ0v) is 11.6. The monoisotopic (exact) mass is 274 g/mol. The normalized spacial score (nSPS) is 11.1. The molecule has 0 fully saturated rings. The third-order valence-electron chi connectivity index (χ3n) is 3.10. The average Bonchev–Trinajstić information content (AvgIpc) is 3.07. The highest BCUT2D eigenvalue weighted by atomic mass is 32.1. The quantitative estimate of drug-likeness (QED) is 0.798. The molecule has 0 unspecified atom stereocenters. The van der Waals surface area contributed by atoms with Gasteiger partial charge in [0.15, 0.2) is 5.82 Å². The smallest absolute Gasteiger partial charge is 0.273 e.